The molecule has 0 radical (unpaired) electrons. The molecule has 1 aliphatic rings. The first kappa shape index (κ1) is 14.5. The predicted molar refractivity (Wildman–Crippen MR) is 79.4 cm³/mol. The molecule has 0 spiro atoms. The van der Waals surface area contributed by atoms with Crippen LogP contribution >= 0.6 is 0 Å². The number of nitrogens with one attached hydrogen (secondary N) is 1. The molecule has 1 N–H and O–H groups in total. The summed E-state index contributed by atoms with van der Waals surface area (Å²) < 4.78 is 5.70. The lowest BCUT2D eigenvalue weighted by Gasteiger charge is -2.37. The molecule has 1 heterocycles. The summed E-state index contributed by atoms with van der Waals surface area (Å²) in [5.41, 5.74) is 2.98. The van der Waals surface area contributed by atoms with Gasteiger partial charge in [0.25, 0.3) is 0 Å². The number of nitrogens with zero attached hydrogens (tertiary/aromatic N) is 1. The lowest BCUT2D eigenvalue weighted by molar-refractivity contribution is 0.0436. The monoisotopic (exact) mass is 262 g/mol. The SMILES string of the molecule is CNCC1Cc2ccccc2CN1CCOC(C)C. The molecule has 0 saturated carbocycles. The summed E-state index contributed by atoms with van der Waals surface area (Å²) >= 11 is 0. The standard InChI is InChI=1S/C16H26N2O/c1-13(2)19-9-8-18-12-15-7-5-4-6-14(15)10-16(18)11-17-3/h4-7,13,16-17H,8-12H2,1-3H3. The van der Waals surface area contributed by atoms with Gasteiger partial charge >= 0.3 is 0 Å². The highest BCUT2D eigenvalue weighted by molar-refractivity contribution is 5.30. The summed E-state index contributed by atoms with van der Waals surface area (Å²) in [6.45, 7) is 8.10. The zero-order chi connectivity index (χ0) is 13.7. The van der Waals surface area contributed by atoms with Gasteiger partial charge in [-0.1, -0.05) is 24.3 Å². The zero-order valence-electron chi connectivity index (χ0n) is 12.4. The summed E-state index contributed by atoms with van der Waals surface area (Å²) in [6.07, 6.45) is 1.46. The molecule has 0 aromatic heterocycles. The van der Waals surface area contributed by atoms with Crippen LogP contribution in [0.4, 0.5) is 0 Å². The minimum Gasteiger partial charge on any atom is -0.377 e. The van der Waals surface area contributed by atoms with Crippen molar-refractivity contribution in [1.29, 1.82) is 0 Å². The molecule has 106 valence electrons. The quantitative estimate of drug-likeness (QED) is 0.849. The van der Waals surface area contributed by atoms with Crippen LogP contribution in [0.2, 0.25) is 0 Å². The van der Waals surface area contributed by atoms with Gasteiger partial charge in [-0.3, -0.25) is 4.90 Å². The van der Waals surface area contributed by atoms with Crippen LogP contribution in [0, 0.1) is 0 Å². The maximum atomic E-state index is 5.70. The topological polar surface area (TPSA) is 24.5 Å². The molecule has 3 nitrogen and oxygen atoms in total. The molecular weight excluding hydrogens is 236 g/mol. The van der Waals surface area contributed by atoms with Crippen molar-refractivity contribution in [3.05, 3.63) is 35.4 Å². The van der Waals surface area contributed by atoms with Crippen LogP contribution in [0.5, 0.6) is 0 Å². The Hall–Kier alpha value is -0.900. The van der Waals surface area contributed by atoms with Crippen LogP contribution in [-0.2, 0) is 17.7 Å². The second kappa shape index (κ2) is 7.04. The molecule has 0 bridgehead atoms. The zero-order valence-corrected chi connectivity index (χ0v) is 12.4. The smallest absolute Gasteiger partial charge is 0.0597 e. The van der Waals surface area contributed by atoms with Crippen molar-refractivity contribution in [2.75, 3.05) is 26.7 Å². The van der Waals surface area contributed by atoms with E-state index in [-0.39, 0.29) is 0 Å². The third kappa shape index (κ3) is 4.03. The molecule has 1 aromatic carbocycles. The van der Waals surface area contributed by atoms with Gasteiger partial charge in [-0.25, -0.2) is 0 Å². The van der Waals surface area contributed by atoms with E-state index in [9.17, 15) is 0 Å². The van der Waals surface area contributed by atoms with E-state index >= 15 is 0 Å². The van der Waals surface area contributed by atoms with E-state index < -0.39 is 0 Å². The first-order valence-electron chi connectivity index (χ1n) is 7.27. The number of hydrogen-bond acceptors (Lipinski definition) is 3. The number of rotatable bonds is 6. The number of hydrogen-bond donors (Lipinski definition) is 1. The van der Waals surface area contributed by atoms with Crippen molar-refractivity contribution in [1.82, 2.24) is 10.2 Å². The Kier molecular flexibility index (Phi) is 5.37. The lowest BCUT2D eigenvalue weighted by Crippen LogP contribution is -2.47. The van der Waals surface area contributed by atoms with Gasteiger partial charge in [0.1, 0.15) is 0 Å². The van der Waals surface area contributed by atoms with Gasteiger partial charge in [0, 0.05) is 25.7 Å². The molecule has 1 aliphatic heterocycles. The van der Waals surface area contributed by atoms with E-state index in [1.807, 2.05) is 7.05 Å². The maximum Gasteiger partial charge on any atom is 0.0597 e. The Balaban J connectivity index is 1.99. The summed E-state index contributed by atoms with van der Waals surface area (Å²) in [4.78, 5) is 2.54. The van der Waals surface area contributed by atoms with Gasteiger partial charge in [0.2, 0.25) is 0 Å². The van der Waals surface area contributed by atoms with Crippen LogP contribution in [0.25, 0.3) is 0 Å². The highest BCUT2D eigenvalue weighted by Crippen LogP contribution is 2.22. The van der Waals surface area contributed by atoms with Gasteiger partial charge in [-0.05, 0) is 38.4 Å². The maximum absolute atomic E-state index is 5.70. The Morgan fingerprint density at radius 1 is 1.32 bits per heavy atom. The summed E-state index contributed by atoms with van der Waals surface area (Å²) in [6, 6.07) is 9.38. The average molecular weight is 262 g/mol. The third-order valence-electron chi connectivity index (χ3n) is 3.73. The summed E-state index contributed by atoms with van der Waals surface area (Å²) in [5.74, 6) is 0. The van der Waals surface area contributed by atoms with Crippen molar-refractivity contribution >= 4 is 0 Å². The summed E-state index contributed by atoms with van der Waals surface area (Å²) in [5, 5.41) is 3.31. The molecule has 0 fully saturated rings. The van der Waals surface area contributed by atoms with Gasteiger partial charge in [-0.15, -0.1) is 0 Å². The van der Waals surface area contributed by atoms with Crippen molar-refractivity contribution < 1.29 is 4.74 Å². The molecular formula is C16H26N2O. The van der Waals surface area contributed by atoms with E-state index in [0.717, 1.165) is 32.7 Å². The van der Waals surface area contributed by atoms with Crippen molar-refractivity contribution in [2.24, 2.45) is 0 Å². The Bertz CT molecular complexity index is 392. The van der Waals surface area contributed by atoms with E-state index in [2.05, 4.69) is 48.3 Å². The van der Waals surface area contributed by atoms with Crippen molar-refractivity contribution in [3.8, 4) is 0 Å². The van der Waals surface area contributed by atoms with Gasteiger partial charge < -0.3 is 10.1 Å². The molecule has 1 aromatic rings. The largest absolute Gasteiger partial charge is 0.377 e. The minimum atomic E-state index is 0.319. The molecule has 0 amide bonds. The number of benzene rings is 1. The highest BCUT2D eigenvalue weighted by Gasteiger charge is 2.24. The van der Waals surface area contributed by atoms with Crippen molar-refractivity contribution in [3.63, 3.8) is 0 Å². The fourth-order valence-corrected chi connectivity index (χ4v) is 2.75. The lowest BCUT2D eigenvalue weighted by atomic mass is 9.94. The first-order valence-corrected chi connectivity index (χ1v) is 7.27. The second-order valence-corrected chi connectivity index (χ2v) is 5.57. The Labute approximate surface area is 116 Å². The van der Waals surface area contributed by atoms with Crippen LogP contribution < -0.4 is 5.32 Å². The van der Waals surface area contributed by atoms with Gasteiger partial charge in [0.05, 0.1) is 12.7 Å². The van der Waals surface area contributed by atoms with E-state index in [4.69, 9.17) is 4.74 Å². The minimum absolute atomic E-state index is 0.319. The molecule has 0 saturated heterocycles. The van der Waals surface area contributed by atoms with Crippen molar-refractivity contribution in [2.45, 2.75) is 39.0 Å². The second-order valence-electron chi connectivity index (χ2n) is 5.57. The number of ether oxygens (including phenoxy) is 1. The first-order chi connectivity index (χ1) is 9.20. The molecule has 1 unspecified atom stereocenters. The van der Waals surface area contributed by atoms with Crippen LogP contribution in [0.1, 0.15) is 25.0 Å². The third-order valence-corrected chi connectivity index (χ3v) is 3.73. The Morgan fingerprint density at radius 2 is 2.05 bits per heavy atom. The van der Waals surface area contributed by atoms with E-state index in [1.165, 1.54) is 11.1 Å². The fraction of sp³-hybridized carbons (Fsp3) is 0.625. The highest BCUT2D eigenvalue weighted by atomic mass is 16.5. The molecule has 0 aliphatic carbocycles. The van der Waals surface area contributed by atoms with Crippen LogP contribution in [-0.4, -0.2) is 43.8 Å². The molecule has 1 atom stereocenters. The van der Waals surface area contributed by atoms with Crippen LogP contribution in [0.15, 0.2) is 24.3 Å². The fourth-order valence-electron chi connectivity index (χ4n) is 2.75. The van der Waals surface area contributed by atoms with Gasteiger partial charge in [-0.2, -0.15) is 0 Å². The predicted octanol–water partition coefficient (Wildman–Crippen LogP) is 2.06. The van der Waals surface area contributed by atoms with E-state index in [1.54, 1.807) is 0 Å². The van der Waals surface area contributed by atoms with E-state index in [0.29, 0.717) is 12.1 Å². The number of fused-ring (bicyclic) bond motifs is 1. The van der Waals surface area contributed by atoms with Gasteiger partial charge in [0.15, 0.2) is 0 Å². The molecule has 2 rings (SSSR count). The average Bonchev–Trinajstić information content (AvgIpc) is 2.39. The molecule has 19 heavy (non-hydrogen) atoms. The van der Waals surface area contributed by atoms with Crippen LogP contribution in [0.3, 0.4) is 0 Å². The normalized spacial score (nSPS) is 19.7. The summed E-state index contributed by atoms with van der Waals surface area (Å²) in [7, 11) is 2.03. The molecule has 3 heteroatoms. The number of likely N-dealkylation sites (N-methyl/N-ethyl adjacent to an activating group) is 1. The Morgan fingerprint density at radius 3 is 2.74 bits per heavy atom.